The average Bonchev–Trinajstić information content (AvgIpc) is 3.47. The van der Waals surface area contributed by atoms with Gasteiger partial charge in [0.05, 0.1) is 17.4 Å². The van der Waals surface area contributed by atoms with Crippen LogP contribution in [0.15, 0.2) is 53.7 Å². The van der Waals surface area contributed by atoms with Gasteiger partial charge in [-0.25, -0.2) is 19.7 Å². The number of fused-ring (bicyclic) bond motifs is 2. The zero-order valence-corrected chi connectivity index (χ0v) is 20.9. The second-order valence-electron chi connectivity index (χ2n) is 9.44. The Bertz CT molecular complexity index is 1390. The number of pyridine rings is 3. The van der Waals surface area contributed by atoms with E-state index in [-0.39, 0.29) is 28.6 Å². The molecule has 11 heteroatoms. The maximum atomic E-state index is 13.3. The molecule has 2 fully saturated rings. The lowest BCUT2D eigenvalue weighted by molar-refractivity contribution is 0.0981. The third-order valence-electron chi connectivity index (χ3n) is 6.44. The maximum Gasteiger partial charge on any atom is 0.281 e. The highest BCUT2D eigenvalue weighted by Gasteiger charge is 2.40. The zero-order valence-electron chi connectivity index (χ0n) is 20.1. The molecule has 188 valence electrons. The van der Waals surface area contributed by atoms with E-state index in [9.17, 15) is 13.2 Å². The Hall–Kier alpha value is -3.73. The number of nitrogens with zero attached hydrogens (tertiary/aromatic N) is 4. The smallest absolute Gasteiger partial charge is 0.281 e. The molecule has 4 heterocycles. The number of carbonyl (C=O) groups is 1. The fraction of sp³-hybridized carbons (Fsp3) is 0.360. The van der Waals surface area contributed by atoms with Crippen LogP contribution in [0.1, 0.15) is 43.5 Å². The van der Waals surface area contributed by atoms with Crippen molar-refractivity contribution in [1.29, 1.82) is 0 Å². The van der Waals surface area contributed by atoms with E-state index >= 15 is 0 Å². The topological polar surface area (TPSA) is 140 Å². The van der Waals surface area contributed by atoms with Crippen molar-refractivity contribution < 1.29 is 17.9 Å². The minimum atomic E-state index is -4.22. The summed E-state index contributed by atoms with van der Waals surface area (Å²) in [7, 11) is -4.22. The second-order valence-corrected chi connectivity index (χ2v) is 11.1. The summed E-state index contributed by atoms with van der Waals surface area (Å²) in [6, 6.07) is 11.4. The van der Waals surface area contributed by atoms with Gasteiger partial charge in [0.25, 0.3) is 15.9 Å². The van der Waals surface area contributed by atoms with E-state index in [4.69, 9.17) is 15.5 Å². The van der Waals surface area contributed by atoms with Crippen LogP contribution in [0.5, 0.6) is 5.88 Å². The van der Waals surface area contributed by atoms with E-state index in [1.807, 2.05) is 19.9 Å². The number of nitrogens with two attached hydrogens (primary N) is 1. The minimum Gasteiger partial charge on any atom is -0.475 e. The van der Waals surface area contributed by atoms with Crippen molar-refractivity contribution in [2.45, 2.75) is 50.3 Å². The lowest BCUT2D eigenvalue weighted by Gasteiger charge is -2.30. The fourth-order valence-corrected chi connectivity index (χ4v) is 5.78. The molecule has 0 aromatic carbocycles. The summed E-state index contributed by atoms with van der Waals surface area (Å²) < 4.78 is 33.4. The van der Waals surface area contributed by atoms with Crippen molar-refractivity contribution in [2.24, 2.45) is 5.92 Å². The molecular formula is C25H28N6O4S. The van der Waals surface area contributed by atoms with Crippen LogP contribution in [0.25, 0.3) is 11.3 Å². The molecule has 1 aliphatic carbocycles. The highest BCUT2D eigenvalue weighted by atomic mass is 32.2. The summed E-state index contributed by atoms with van der Waals surface area (Å²) in [6.45, 7) is 4.64. The molecule has 0 spiro atoms. The lowest BCUT2D eigenvalue weighted by atomic mass is 10.1. The van der Waals surface area contributed by atoms with Gasteiger partial charge in [0.1, 0.15) is 11.6 Å². The Balaban J connectivity index is 1.48. The van der Waals surface area contributed by atoms with Gasteiger partial charge >= 0.3 is 0 Å². The quantitative estimate of drug-likeness (QED) is 0.493. The van der Waals surface area contributed by atoms with Crippen LogP contribution in [-0.4, -0.2) is 48.0 Å². The first kappa shape index (κ1) is 24.0. The Morgan fingerprint density at radius 2 is 1.97 bits per heavy atom. The molecule has 3 aromatic heterocycles. The number of sulfonamides is 1. The van der Waals surface area contributed by atoms with Crippen molar-refractivity contribution in [2.75, 3.05) is 17.2 Å². The molecule has 5 rings (SSSR count). The summed E-state index contributed by atoms with van der Waals surface area (Å²) in [5, 5.41) is -0.322. The van der Waals surface area contributed by atoms with Gasteiger partial charge in [-0.1, -0.05) is 6.07 Å². The van der Waals surface area contributed by atoms with Crippen LogP contribution in [0.3, 0.4) is 0 Å². The Morgan fingerprint density at radius 3 is 2.61 bits per heavy atom. The number of ether oxygens (including phenoxy) is 1. The fourth-order valence-electron chi connectivity index (χ4n) is 4.84. The monoisotopic (exact) mass is 508 g/mol. The second kappa shape index (κ2) is 9.38. The van der Waals surface area contributed by atoms with Crippen LogP contribution in [0.2, 0.25) is 0 Å². The van der Waals surface area contributed by atoms with E-state index < -0.39 is 15.9 Å². The third kappa shape index (κ3) is 4.83. The van der Waals surface area contributed by atoms with Crippen molar-refractivity contribution in [3.8, 4) is 17.1 Å². The zero-order chi connectivity index (χ0) is 25.4. The van der Waals surface area contributed by atoms with Gasteiger partial charge in [-0.05, 0) is 69.4 Å². The summed E-state index contributed by atoms with van der Waals surface area (Å²) in [5.41, 5.74) is 7.21. The van der Waals surface area contributed by atoms with E-state index in [2.05, 4.69) is 19.6 Å². The van der Waals surface area contributed by atoms with Gasteiger partial charge in [-0.15, -0.1) is 0 Å². The SMILES string of the molecule is CC(C)Oc1ccc(-c2ccc(C(=O)NS(=O)(=O)c3cccc(N)n3)c(N3C[C@H]4CC[C@@H]3C4)n2)cn1. The van der Waals surface area contributed by atoms with Crippen LogP contribution in [0, 0.1) is 5.92 Å². The first-order valence-corrected chi connectivity index (χ1v) is 13.4. The summed E-state index contributed by atoms with van der Waals surface area (Å²) in [5.74, 6) is 0.807. The Labute approximate surface area is 210 Å². The number of amides is 1. The van der Waals surface area contributed by atoms with Gasteiger partial charge in [0.2, 0.25) is 5.88 Å². The lowest BCUT2D eigenvalue weighted by Crippen LogP contribution is -2.37. The van der Waals surface area contributed by atoms with Crippen molar-refractivity contribution >= 4 is 27.6 Å². The number of piperidine rings is 1. The van der Waals surface area contributed by atoms with Crippen LogP contribution < -0.4 is 20.1 Å². The number of aromatic nitrogens is 3. The molecule has 0 unspecified atom stereocenters. The number of carbonyl (C=O) groups excluding carboxylic acids is 1. The molecule has 3 aromatic rings. The molecule has 0 radical (unpaired) electrons. The number of nitrogen functional groups attached to an aromatic ring is 1. The molecule has 10 nitrogen and oxygen atoms in total. The van der Waals surface area contributed by atoms with Crippen molar-refractivity contribution in [3.63, 3.8) is 0 Å². The molecular weight excluding hydrogens is 480 g/mol. The molecule has 2 bridgehead atoms. The van der Waals surface area contributed by atoms with Gasteiger partial charge in [0, 0.05) is 30.4 Å². The minimum absolute atomic E-state index is 0.00951. The average molecular weight is 509 g/mol. The van der Waals surface area contributed by atoms with Crippen molar-refractivity contribution in [1.82, 2.24) is 19.7 Å². The standard InChI is InChI=1S/C25H28N6O4S/c1-15(2)35-22-11-7-17(13-27-22)20-10-9-19(24(28-20)31-14-16-6-8-18(31)12-16)25(32)30-36(33,34)23-5-3-4-21(26)29-23/h3-5,7,9-11,13,15-16,18H,6,8,12,14H2,1-2H3,(H2,26,29)(H,30,32)/t16-,18+/m0/s1. The first-order chi connectivity index (χ1) is 17.2. The van der Waals surface area contributed by atoms with E-state index in [0.29, 0.717) is 23.3 Å². The Morgan fingerprint density at radius 1 is 1.14 bits per heavy atom. The molecule has 36 heavy (non-hydrogen) atoms. The normalized spacial score (nSPS) is 19.0. The molecule has 2 aliphatic rings. The molecule has 1 amide bonds. The summed E-state index contributed by atoms with van der Waals surface area (Å²) in [4.78, 5) is 28.4. The van der Waals surface area contributed by atoms with Gasteiger partial charge in [-0.3, -0.25) is 4.79 Å². The largest absolute Gasteiger partial charge is 0.475 e. The van der Waals surface area contributed by atoms with Crippen LogP contribution in [0.4, 0.5) is 11.6 Å². The van der Waals surface area contributed by atoms with Gasteiger partial charge in [0.15, 0.2) is 5.03 Å². The molecule has 1 aliphatic heterocycles. The summed E-state index contributed by atoms with van der Waals surface area (Å²) >= 11 is 0. The number of hydrogen-bond acceptors (Lipinski definition) is 9. The van der Waals surface area contributed by atoms with E-state index in [1.165, 1.54) is 18.2 Å². The number of anilines is 2. The van der Waals surface area contributed by atoms with Gasteiger partial charge < -0.3 is 15.4 Å². The Kier molecular flexibility index (Phi) is 6.25. The number of rotatable bonds is 7. The first-order valence-electron chi connectivity index (χ1n) is 11.9. The predicted molar refractivity (Wildman–Crippen MR) is 135 cm³/mol. The van der Waals surface area contributed by atoms with Crippen molar-refractivity contribution in [3.05, 3.63) is 54.2 Å². The van der Waals surface area contributed by atoms with E-state index in [1.54, 1.807) is 24.4 Å². The van der Waals surface area contributed by atoms with E-state index in [0.717, 1.165) is 31.4 Å². The molecule has 3 N–H and O–H groups in total. The number of nitrogens with one attached hydrogen (secondary N) is 1. The van der Waals surface area contributed by atoms with Gasteiger partial charge in [-0.2, -0.15) is 8.42 Å². The maximum absolute atomic E-state index is 13.3. The van der Waals surface area contributed by atoms with Crippen LogP contribution >= 0.6 is 0 Å². The highest BCUT2D eigenvalue weighted by Crippen LogP contribution is 2.41. The molecule has 1 saturated carbocycles. The summed E-state index contributed by atoms with van der Waals surface area (Å²) in [6.07, 6.45) is 4.90. The third-order valence-corrected chi connectivity index (χ3v) is 7.67. The predicted octanol–water partition coefficient (Wildman–Crippen LogP) is 3.02. The van der Waals surface area contributed by atoms with Crippen LogP contribution in [-0.2, 0) is 10.0 Å². The molecule has 1 saturated heterocycles. The number of hydrogen-bond donors (Lipinski definition) is 2. The molecule has 2 atom stereocenters. The highest BCUT2D eigenvalue weighted by molar-refractivity contribution is 7.90.